The Balaban J connectivity index is 2.43. The normalized spacial score (nSPS) is 12.5. The smallest absolute Gasteiger partial charge is 0.235 e. The van der Waals surface area contributed by atoms with Gasteiger partial charge in [-0.1, -0.05) is 25.1 Å². The van der Waals surface area contributed by atoms with Crippen LogP contribution in [0.4, 0.5) is 0 Å². The molecule has 0 aliphatic rings. The van der Waals surface area contributed by atoms with Crippen LogP contribution in [0.2, 0.25) is 0 Å². The molecule has 0 bridgehead atoms. The first-order chi connectivity index (χ1) is 8.22. The molecule has 4 heteroatoms. The molecule has 1 aromatic heterocycles. The van der Waals surface area contributed by atoms with Crippen LogP contribution in [0.5, 0.6) is 0 Å². The zero-order valence-electron chi connectivity index (χ0n) is 9.59. The van der Waals surface area contributed by atoms with E-state index in [1.165, 1.54) is 11.8 Å². The largest absolute Gasteiger partial charge is 0.368 e. The van der Waals surface area contributed by atoms with E-state index >= 15 is 0 Å². The predicted octanol–water partition coefficient (Wildman–Crippen LogP) is 2.51. The minimum atomic E-state index is -0.311. The number of primary amides is 1. The quantitative estimate of drug-likeness (QED) is 0.901. The Bertz CT molecular complexity index is 542. The van der Waals surface area contributed by atoms with E-state index in [2.05, 4.69) is 4.98 Å². The molecule has 0 saturated heterocycles. The summed E-state index contributed by atoms with van der Waals surface area (Å²) < 4.78 is 0. The van der Waals surface area contributed by atoms with Crippen LogP contribution < -0.4 is 5.73 Å². The molecule has 2 N–H and O–H groups in total. The number of nitrogens with two attached hydrogens (primary N) is 1. The SMILES string of the molecule is CCSC(C(N)=O)c1cnc2ccccc2c1. The molecule has 2 aromatic rings. The second-order valence-corrected chi connectivity index (χ2v) is 5.08. The Labute approximate surface area is 104 Å². The lowest BCUT2D eigenvalue weighted by atomic mass is 10.1. The van der Waals surface area contributed by atoms with E-state index in [0.717, 1.165) is 22.2 Å². The summed E-state index contributed by atoms with van der Waals surface area (Å²) in [5.41, 5.74) is 7.22. The van der Waals surface area contributed by atoms with Gasteiger partial charge in [-0.15, -0.1) is 11.8 Å². The monoisotopic (exact) mass is 246 g/mol. The molecule has 1 aromatic carbocycles. The van der Waals surface area contributed by atoms with E-state index in [1.807, 2.05) is 37.3 Å². The molecule has 1 amide bonds. The number of aromatic nitrogens is 1. The van der Waals surface area contributed by atoms with Gasteiger partial charge in [-0.05, 0) is 23.4 Å². The maximum absolute atomic E-state index is 11.4. The van der Waals surface area contributed by atoms with Crippen molar-refractivity contribution in [1.82, 2.24) is 4.98 Å². The number of carbonyl (C=O) groups is 1. The fourth-order valence-electron chi connectivity index (χ4n) is 1.74. The van der Waals surface area contributed by atoms with Gasteiger partial charge in [0.05, 0.1) is 5.52 Å². The number of thioether (sulfide) groups is 1. The number of carbonyl (C=O) groups excluding carboxylic acids is 1. The van der Waals surface area contributed by atoms with Gasteiger partial charge in [-0.3, -0.25) is 9.78 Å². The van der Waals surface area contributed by atoms with Crippen molar-refractivity contribution in [3.63, 3.8) is 0 Å². The summed E-state index contributed by atoms with van der Waals surface area (Å²) in [6.45, 7) is 2.01. The van der Waals surface area contributed by atoms with Gasteiger partial charge in [0.1, 0.15) is 5.25 Å². The fraction of sp³-hybridized carbons (Fsp3) is 0.231. The molecule has 1 heterocycles. The molecule has 0 spiro atoms. The molecule has 1 unspecified atom stereocenters. The third kappa shape index (κ3) is 2.58. The van der Waals surface area contributed by atoms with Crippen molar-refractivity contribution in [3.8, 4) is 0 Å². The Morgan fingerprint density at radius 2 is 2.24 bits per heavy atom. The molecule has 17 heavy (non-hydrogen) atoms. The molecule has 0 fully saturated rings. The highest BCUT2D eigenvalue weighted by atomic mass is 32.2. The summed E-state index contributed by atoms with van der Waals surface area (Å²) in [6.07, 6.45) is 1.74. The summed E-state index contributed by atoms with van der Waals surface area (Å²) in [7, 11) is 0. The molecule has 0 radical (unpaired) electrons. The molecule has 1 atom stereocenters. The summed E-state index contributed by atoms with van der Waals surface area (Å²) in [4.78, 5) is 15.7. The summed E-state index contributed by atoms with van der Waals surface area (Å²) >= 11 is 1.53. The lowest BCUT2D eigenvalue weighted by Gasteiger charge is -2.12. The molecular weight excluding hydrogens is 232 g/mol. The van der Waals surface area contributed by atoms with Gasteiger partial charge >= 0.3 is 0 Å². The van der Waals surface area contributed by atoms with Crippen molar-refractivity contribution in [2.75, 3.05) is 5.75 Å². The van der Waals surface area contributed by atoms with Crippen LogP contribution in [0.25, 0.3) is 10.9 Å². The number of amides is 1. The van der Waals surface area contributed by atoms with Crippen LogP contribution in [0.3, 0.4) is 0 Å². The number of pyridine rings is 1. The molecule has 0 aliphatic heterocycles. The van der Waals surface area contributed by atoms with E-state index in [4.69, 9.17) is 5.73 Å². The number of hydrogen-bond acceptors (Lipinski definition) is 3. The molecular formula is C13H14N2OS. The maximum atomic E-state index is 11.4. The lowest BCUT2D eigenvalue weighted by Crippen LogP contribution is -2.19. The van der Waals surface area contributed by atoms with Crippen molar-refractivity contribution in [3.05, 3.63) is 42.1 Å². The number of hydrogen-bond donors (Lipinski definition) is 1. The molecule has 2 rings (SSSR count). The predicted molar refractivity (Wildman–Crippen MR) is 71.8 cm³/mol. The lowest BCUT2D eigenvalue weighted by molar-refractivity contribution is -0.117. The topological polar surface area (TPSA) is 56.0 Å². The van der Waals surface area contributed by atoms with Crippen LogP contribution in [0.15, 0.2) is 36.5 Å². The van der Waals surface area contributed by atoms with E-state index in [0.29, 0.717) is 0 Å². The van der Waals surface area contributed by atoms with Crippen molar-refractivity contribution in [2.24, 2.45) is 5.73 Å². The highest BCUT2D eigenvalue weighted by Gasteiger charge is 2.18. The minimum Gasteiger partial charge on any atom is -0.368 e. The zero-order chi connectivity index (χ0) is 12.3. The number of fused-ring (bicyclic) bond motifs is 1. The summed E-state index contributed by atoms with van der Waals surface area (Å²) in [6, 6.07) is 9.83. The van der Waals surface area contributed by atoms with Crippen LogP contribution in [-0.2, 0) is 4.79 Å². The first-order valence-corrected chi connectivity index (χ1v) is 6.53. The highest BCUT2D eigenvalue weighted by molar-refractivity contribution is 8.00. The average molecular weight is 246 g/mol. The Kier molecular flexibility index (Phi) is 3.64. The van der Waals surface area contributed by atoms with Crippen LogP contribution in [0.1, 0.15) is 17.7 Å². The molecule has 0 aliphatic carbocycles. The van der Waals surface area contributed by atoms with Gasteiger partial charge in [-0.25, -0.2) is 0 Å². The van der Waals surface area contributed by atoms with E-state index in [-0.39, 0.29) is 11.2 Å². The Morgan fingerprint density at radius 3 is 2.94 bits per heavy atom. The Morgan fingerprint density at radius 1 is 1.47 bits per heavy atom. The standard InChI is InChI=1S/C13H14N2OS/c1-2-17-12(13(14)16)10-7-9-5-3-4-6-11(9)15-8-10/h3-8,12H,2H2,1H3,(H2,14,16). The maximum Gasteiger partial charge on any atom is 0.235 e. The first kappa shape index (κ1) is 11.9. The van der Waals surface area contributed by atoms with Gasteiger partial charge in [0.2, 0.25) is 5.91 Å². The summed E-state index contributed by atoms with van der Waals surface area (Å²) in [5, 5.41) is 0.727. The third-order valence-electron chi connectivity index (χ3n) is 2.51. The number of rotatable bonds is 4. The van der Waals surface area contributed by atoms with Crippen LogP contribution in [-0.4, -0.2) is 16.6 Å². The van der Waals surface area contributed by atoms with Crippen molar-refractivity contribution in [2.45, 2.75) is 12.2 Å². The van der Waals surface area contributed by atoms with E-state index < -0.39 is 0 Å². The van der Waals surface area contributed by atoms with Crippen molar-refractivity contribution >= 4 is 28.6 Å². The first-order valence-electron chi connectivity index (χ1n) is 5.48. The third-order valence-corrected chi connectivity index (χ3v) is 3.68. The molecule has 3 nitrogen and oxygen atoms in total. The second kappa shape index (κ2) is 5.19. The van der Waals surface area contributed by atoms with Crippen molar-refractivity contribution in [1.29, 1.82) is 0 Å². The average Bonchev–Trinajstić information content (AvgIpc) is 2.35. The van der Waals surface area contributed by atoms with Gasteiger partial charge < -0.3 is 5.73 Å². The van der Waals surface area contributed by atoms with Gasteiger partial charge in [-0.2, -0.15) is 0 Å². The highest BCUT2D eigenvalue weighted by Crippen LogP contribution is 2.29. The van der Waals surface area contributed by atoms with Gasteiger partial charge in [0, 0.05) is 11.6 Å². The molecule has 0 saturated carbocycles. The van der Waals surface area contributed by atoms with Gasteiger partial charge in [0.25, 0.3) is 0 Å². The number of para-hydroxylation sites is 1. The van der Waals surface area contributed by atoms with Crippen molar-refractivity contribution < 1.29 is 4.79 Å². The van der Waals surface area contributed by atoms with Crippen LogP contribution >= 0.6 is 11.8 Å². The van der Waals surface area contributed by atoms with E-state index in [9.17, 15) is 4.79 Å². The molecule has 88 valence electrons. The Hall–Kier alpha value is -1.55. The fourth-order valence-corrected chi connectivity index (χ4v) is 2.56. The zero-order valence-corrected chi connectivity index (χ0v) is 10.4. The second-order valence-electron chi connectivity index (χ2n) is 3.70. The van der Waals surface area contributed by atoms with E-state index in [1.54, 1.807) is 6.20 Å². The number of nitrogens with zero attached hydrogens (tertiary/aromatic N) is 1. The van der Waals surface area contributed by atoms with Gasteiger partial charge in [0.15, 0.2) is 0 Å². The van der Waals surface area contributed by atoms with Crippen LogP contribution in [0, 0.1) is 0 Å². The number of benzene rings is 1. The summed E-state index contributed by atoms with van der Waals surface area (Å²) in [5.74, 6) is 0.536. The minimum absolute atomic E-state index is 0.308.